The van der Waals surface area contributed by atoms with Crippen molar-refractivity contribution >= 4 is 5.97 Å². The number of nitrogens with zero attached hydrogens (tertiary/aromatic N) is 1. The molecule has 3 fully saturated rings. The van der Waals surface area contributed by atoms with Crippen LogP contribution >= 0.6 is 0 Å². The van der Waals surface area contributed by atoms with Gasteiger partial charge in [-0.1, -0.05) is 48.5 Å². The summed E-state index contributed by atoms with van der Waals surface area (Å²) < 4.78 is 38.9. The molecule has 0 unspecified atom stereocenters. The number of nitrogens with one attached hydrogen (secondary N) is 2. The molecule has 0 spiro atoms. The highest BCUT2D eigenvalue weighted by Crippen LogP contribution is 2.44. The van der Waals surface area contributed by atoms with Gasteiger partial charge in [-0.3, -0.25) is 4.79 Å². The van der Waals surface area contributed by atoms with Crippen LogP contribution in [0.5, 0.6) is 0 Å². The third-order valence-electron chi connectivity index (χ3n) is 13.3. The second-order valence-electron chi connectivity index (χ2n) is 19.2. The molecule has 3 saturated heterocycles. The molecule has 330 valence electrons. The predicted molar refractivity (Wildman–Crippen MR) is 215 cm³/mol. The van der Waals surface area contributed by atoms with E-state index in [1.807, 2.05) is 67.5 Å². The largest absolute Gasteiger partial charge is 0.459 e. The fourth-order valence-electron chi connectivity index (χ4n) is 9.45. The maximum absolute atomic E-state index is 14.4. The van der Waals surface area contributed by atoms with Gasteiger partial charge in [-0.25, -0.2) is 0 Å². The van der Waals surface area contributed by atoms with Gasteiger partial charge in [-0.2, -0.15) is 0 Å². The third-order valence-corrected chi connectivity index (χ3v) is 13.3. The molecular formula is C42H81N3O11. The molecular weight excluding hydrogens is 722 g/mol. The van der Waals surface area contributed by atoms with Gasteiger partial charge in [-0.15, -0.1) is 0 Å². The van der Waals surface area contributed by atoms with Crippen molar-refractivity contribution in [2.24, 2.45) is 23.2 Å². The molecule has 0 amide bonds. The molecule has 0 aromatic carbocycles. The SMILES string of the molecule is CC[C@H]1OC(=O)[C@H](C)[C@H](O[C@@H]2C[C@](C)(OC)[C@@](O)(CNC(C)C)[C@H](C)O2)[C@H](C)[C@@H](O[C@@H]2O[C@H](C)C[C@H](N(C)C)[C@H]2O)C(C)(C)C[C@@H](C)NC[C@H](C)[C@@H](O)[C@]1(C)O. The Morgan fingerprint density at radius 1 is 0.982 bits per heavy atom. The zero-order valence-electron chi connectivity index (χ0n) is 37.5. The van der Waals surface area contributed by atoms with Gasteiger partial charge in [0.05, 0.1) is 36.4 Å². The number of aliphatic hydroxyl groups excluding tert-OH is 2. The minimum absolute atomic E-state index is 0.0580. The molecule has 0 radical (unpaired) electrons. The van der Waals surface area contributed by atoms with E-state index in [0.29, 0.717) is 19.4 Å². The molecule has 14 nitrogen and oxygen atoms in total. The second-order valence-corrected chi connectivity index (χ2v) is 19.2. The Kier molecular flexibility index (Phi) is 17.3. The van der Waals surface area contributed by atoms with Crippen LogP contribution in [0.4, 0.5) is 0 Å². The quantitative estimate of drug-likeness (QED) is 0.177. The van der Waals surface area contributed by atoms with E-state index in [-0.39, 0.29) is 49.5 Å². The smallest absolute Gasteiger partial charge is 0.311 e. The van der Waals surface area contributed by atoms with Crippen LogP contribution in [-0.4, -0.2) is 156 Å². The molecule has 0 aromatic heterocycles. The fraction of sp³-hybridized carbons (Fsp3) is 0.976. The van der Waals surface area contributed by atoms with Crippen molar-refractivity contribution in [1.29, 1.82) is 0 Å². The van der Waals surface area contributed by atoms with Crippen LogP contribution in [0, 0.1) is 23.2 Å². The molecule has 0 aromatic rings. The number of cyclic esters (lactones) is 1. The standard InChI is InChI=1S/C42H81N3O11/c1-17-31-41(13,49)35(47)24(4)21-43-25(5)19-39(10,11)36(56-38-33(46)30(45(14)15)18-26(6)52-38)27(7)34(28(8)37(48)54-31)55-32-20-40(12,51-16)42(50,29(9)53-32)22-44-23(2)3/h23-36,38,43-44,46-47,49-50H,17-22H2,1-16H3/t24-,25+,26+,27-,28+,29-,30-,31+,32+,33+,34+,35+,36+,38-,40-,41+,42+/m0/s1. The van der Waals surface area contributed by atoms with E-state index in [4.69, 9.17) is 28.4 Å². The van der Waals surface area contributed by atoms with Crippen molar-refractivity contribution in [1.82, 2.24) is 15.5 Å². The van der Waals surface area contributed by atoms with Crippen molar-refractivity contribution in [2.45, 2.75) is 206 Å². The summed E-state index contributed by atoms with van der Waals surface area (Å²) in [5.74, 6) is -2.44. The van der Waals surface area contributed by atoms with Crippen molar-refractivity contribution < 1.29 is 53.6 Å². The van der Waals surface area contributed by atoms with E-state index < -0.39 is 89.2 Å². The monoisotopic (exact) mass is 804 g/mol. The summed E-state index contributed by atoms with van der Waals surface area (Å²) in [7, 11) is 5.43. The van der Waals surface area contributed by atoms with Crippen LogP contribution in [0.1, 0.15) is 116 Å². The number of hydrogen-bond donors (Lipinski definition) is 6. The summed E-state index contributed by atoms with van der Waals surface area (Å²) in [5, 5.41) is 53.8. The summed E-state index contributed by atoms with van der Waals surface area (Å²) in [5.41, 5.74) is -4.85. The van der Waals surface area contributed by atoms with Crippen LogP contribution in [0.25, 0.3) is 0 Å². The Labute approximate surface area is 338 Å². The zero-order valence-corrected chi connectivity index (χ0v) is 37.5. The molecule has 3 aliphatic rings. The first-order chi connectivity index (χ1) is 25.8. The lowest BCUT2D eigenvalue weighted by molar-refractivity contribution is -0.334. The van der Waals surface area contributed by atoms with E-state index in [1.54, 1.807) is 21.0 Å². The van der Waals surface area contributed by atoms with Gasteiger partial charge in [-0.05, 0) is 86.2 Å². The van der Waals surface area contributed by atoms with Crippen molar-refractivity contribution in [3.05, 3.63) is 0 Å². The number of esters is 1. The number of carbonyl (C=O) groups excluding carboxylic acids is 1. The number of aliphatic hydroxyl groups is 4. The number of ether oxygens (including phenoxy) is 6. The van der Waals surface area contributed by atoms with Gasteiger partial charge < -0.3 is 64.4 Å². The maximum atomic E-state index is 14.4. The fourth-order valence-corrected chi connectivity index (χ4v) is 9.45. The number of carbonyl (C=O) groups is 1. The van der Waals surface area contributed by atoms with E-state index in [1.165, 1.54) is 6.92 Å². The lowest BCUT2D eigenvalue weighted by Gasteiger charge is -2.54. The summed E-state index contributed by atoms with van der Waals surface area (Å²) in [6.45, 7) is 25.4. The van der Waals surface area contributed by atoms with Gasteiger partial charge >= 0.3 is 5.97 Å². The number of rotatable bonds is 10. The summed E-state index contributed by atoms with van der Waals surface area (Å²) in [6.07, 6.45) is -5.84. The lowest BCUT2D eigenvalue weighted by atomic mass is 9.72. The highest BCUT2D eigenvalue weighted by Gasteiger charge is 2.58. The number of methoxy groups -OCH3 is 1. The number of hydrogen-bond acceptors (Lipinski definition) is 14. The molecule has 0 aliphatic carbocycles. The molecule has 0 bridgehead atoms. The Morgan fingerprint density at radius 2 is 1.61 bits per heavy atom. The van der Waals surface area contributed by atoms with Gasteiger partial charge in [0.25, 0.3) is 0 Å². The Bertz CT molecular complexity index is 1240. The average molecular weight is 804 g/mol. The van der Waals surface area contributed by atoms with E-state index >= 15 is 0 Å². The first-order valence-corrected chi connectivity index (χ1v) is 21.1. The molecule has 3 aliphatic heterocycles. The van der Waals surface area contributed by atoms with Gasteiger partial charge in [0.2, 0.25) is 0 Å². The van der Waals surface area contributed by atoms with Crippen LogP contribution in [-0.2, 0) is 33.2 Å². The highest BCUT2D eigenvalue weighted by atomic mass is 16.7. The average Bonchev–Trinajstić information content (AvgIpc) is 3.11. The van der Waals surface area contributed by atoms with Crippen LogP contribution in [0.15, 0.2) is 0 Å². The van der Waals surface area contributed by atoms with Gasteiger partial charge in [0.15, 0.2) is 12.6 Å². The summed E-state index contributed by atoms with van der Waals surface area (Å²) >= 11 is 0. The lowest BCUT2D eigenvalue weighted by Crippen LogP contribution is -2.70. The van der Waals surface area contributed by atoms with E-state index in [9.17, 15) is 25.2 Å². The van der Waals surface area contributed by atoms with Crippen LogP contribution < -0.4 is 10.6 Å². The van der Waals surface area contributed by atoms with E-state index in [2.05, 4.69) is 31.4 Å². The first-order valence-electron chi connectivity index (χ1n) is 21.1. The minimum Gasteiger partial charge on any atom is -0.459 e. The zero-order chi connectivity index (χ0) is 42.7. The Morgan fingerprint density at radius 3 is 2.16 bits per heavy atom. The molecule has 14 heteroatoms. The minimum atomic E-state index is -1.74. The maximum Gasteiger partial charge on any atom is 0.311 e. The molecule has 3 heterocycles. The molecule has 17 atom stereocenters. The van der Waals surface area contributed by atoms with Gasteiger partial charge in [0, 0.05) is 50.7 Å². The van der Waals surface area contributed by atoms with Crippen molar-refractivity contribution in [2.75, 3.05) is 34.3 Å². The van der Waals surface area contributed by atoms with E-state index in [0.717, 1.165) is 0 Å². The predicted octanol–water partition coefficient (Wildman–Crippen LogP) is 3.20. The molecule has 56 heavy (non-hydrogen) atoms. The Balaban J connectivity index is 2.17. The second kappa shape index (κ2) is 19.6. The first kappa shape index (κ1) is 49.4. The third kappa shape index (κ3) is 11.0. The highest BCUT2D eigenvalue weighted by molar-refractivity contribution is 5.73. The molecule has 3 rings (SSSR count). The normalized spacial score (nSPS) is 46.3. The van der Waals surface area contributed by atoms with Gasteiger partial charge in [0.1, 0.15) is 29.0 Å². The molecule has 0 saturated carbocycles. The van der Waals surface area contributed by atoms with Crippen molar-refractivity contribution in [3.63, 3.8) is 0 Å². The number of likely N-dealkylation sites (N-methyl/N-ethyl adjacent to an activating group) is 1. The van der Waals surface area contributed by atoms with Crippen molar-refractivity contribution in [3.8, 4) is 0 Å². The summed E-state index contributed by atoms with van der Waals surface area (Å²) in [4.78, 5) is 16.4. The molecule has 6 N–H and O–H groups in total. The topological polar surface area (TPSA) is 181 Å². The van der Waals surface area contributed by atoms with Crippen LogP contribution in [0.2, 0.25) is 0 Å². The Hall–Kier alpha value is -1.01. The summed E-state index contributed by atoms with van der Waals surface area (Å²) in [6, 6.07) is -0.149. The van der Waals surface area contributed by atoms with Crippen LogP contribution in [0.3, 0.4) is 0 Å².